The molecule has 8 heteroatoms. The topological polar surface area (TPSA) is 122 Å². The largest absolute Gasteiger partial charge is 0.387 e. The zero-order valence-electron chi connectivity index (χ0n) is 25.3. The molecule has 0 atom stereocenters. The summed E-state index contributed by atoms with van der Waals surface area (Å²) < 4.78 is 0. The Kier molecular flexibility index (Phi) is 15.2. The minimum atomic E-state index is -0.430. The molecule has 8 nitrogen and oxygen atoms in total. The van der Waals surface area contributed by atoms with Gasteiger partial charge in [-0.25, -0.2) is 4.99 Å². The van der Waals surface area contributed by atoms with E-state index in [4.69, 9.17) is 11.5 Å². The van der Waals surface area contributed by atoms with Crippen molar-refractivity contribution >= 4 is 35.7 Å². The highest BCUT2D eigenvalue weighted by Crippen LogP contribution is 2.33. The molecule has 0 aromatic heterocycles. The molecule has 0 radical (unpaired) electrons. The first-order valence-electron chi connectivity index (χ1n) is 14.3. The van der Waals surface area contributed by atoms with E-state index in [0.29, 0.717) is 48.7 Å². The first-order chi connectivity index (χ1) is 19.2. The summed E-state index contributed by atoms with van der Waals surface area (Å²) in [5.41, 5.74) is 16.9. The van der Waals surface area contributed by atoms with Gasteiger partial charge < -0.3 is 16.4 Å². The zero-order chi connectivity index (χ0) is 30.2. The van der Waals surface area contributed by atoms with Gasteiger partial charge in [0.05, 0.1) is 12.2 Å². The van der Waals surface area contributed by atoms with E-state index in [-0.39, 0.29) is 12.5 Å². The predicted octanol–water partition coefficient (Wildman–Crippen LogP) is 5.56. The highest BCUT2D eigenvalue weighted by molar-refractivity contribution is 6.05. The molecule has 1 aliphatic rings. The molecule has 0 saturated carbocycles. The van der Waals surface area contributed by atoms with Crippen molar-refractivity contribution in [2.75, 3.05) is 26.7 Å². The third-order valence-corrected chi connectivity index (χ3v) is 6.01. The van der Waals surface area contributed by atoms with Crippen LogP contribution in [0.5, 0.6) is 0 Å². The van der Waals surface area contributed by atoms with Crippen LogP contribution in [0.15, 0.2) is 47.0 Å². The molecule has 218 valence electrons. The number of hydrogen-bond acceptors (Lipinski definition) is 6. The summed E-state index contributed by atoms with van der Waals surface area (Å²) >= 11 is 0. The molecule has 0 unspecified atom stereocenters. The van der Waals surface area contributed by atoms with Crippen molar-refractivity contribution in [3.63, 3.8) is 0 Å². The summed E-state index contributed by atoms with van der Waals surface area (Å²) in [7, 11) is 1.78. The minimum Gasteiger partial charge on any atom is -0.387 e. The monoisotopic (exact) mass is 549 g/mol. The van der Waals surface area contributed by atoms with Crippen molar-refractivity contribution in [3.05, 3.63) is 58.7 Å². The number of amidine groups is 1. The van der Waals surface area contributed by atoms with E-state index >= 15 is 0 Å². The van der Waals surface area contributed by atoms with Crippen molar-refractivity contribution in [1.29, 1.82) is 0 Å². The summed E-state index contributed by atoms with van der Waals surface area (Å²) in [5.74, 6) is -0.0348. The van der Waals surface area contributed by atoms with E-state index in [9.17, 15) is 14.4 Å². The molecular formula is C32H47N5O3. The third-order valence-electron chi connectivity index (χ3n) is 6.01. The molecule has 0 saturated heterocycles. The number of likely N-dealkylation sites (N-methyl/N-ethyl adjacent to an activating group) is 1. The van der Waals surface area contributed by atoms with Gasteiger partial charge in [0.2, 0.25) is 11.8 Å². The zero-order valence-corrected chi connectivity index (χ0v) is 25.3. The highest BCUT2D eigenvalue weighted by Gasteiger charge is 2.21. The quantitative estimate of drug-likeness (QED) is 0.355. The number of aliphatic imine (C=N–C) groups is 1. The van der Waals surface area contributed by atoms with Gasteiger partial charge >= 0.3 is 0 Å². The lowest BCUT2D eigenvalue weighted by atomic mass is 9.97. The van der Waals surface area contributed by atoms with E-state index in [1.54, 1.807) is 18.0 Å². The molecule has 0 aliphatic carbocycles. The Morgan fingerprint density at radius 2 is 1.57 bits per heavy atom. The maximum atomic E-state index is 13.2. The van der Waals surface area contributed by atoms with Gasteiger partial charge in [0.25, 0.3) is 0 Å². The number of benzene rings is 2. The second-order valence-corrected chi connectivity index (χ2v) is 9.19. The first-order valence-corrected chi connectivity index (χ1v) is 14.3. The normalized spacial score (nSPS) is 11.9. The van der Waals surface area contributed by atoms with Gasteiger partial charge in [0, 0.05) is 42.8 Å². The SMILES string of the molecule is CC.CC.CCCN(CCC)C(=O)C1=Cc2ccc(-c3ccc(C=O)c(CN(C)CC(N)=O)c3)cc2N=C(N)C1. The molecule has 2 aromatic rings. The maximum absolute atomic E-state index is 13.2. The highest BCUT2D eigenvalue weighted by atomic mass is 16.2. The van der Waals surface area contributed by atoms with Crippen LogP contribution in [0.1, 0.15) is 82.3 Å². The molecule has 1 heterocycles. The lowest BCUT2D eigenvalue weighted by molar-refractivity contribution is -0.127. The summed E-state index contributed by atoms with van der Waals surface area (Å²) in [4.78, 5) is 44.3. The number of nitrogens with zero attached hydrogens (tertiary/aromatic N) is 3. The van der Waals surface area contributed by atoms with Gasteiger partial charge in [-0.2, -0.15) is 0 Å². The van der Waals surface area contributed by atoms with E-state index in [2.05, 4.69) is 18.8 Å². The maximum Gasteiger partial charge on any atom is 0.250 e. The van der Waals surface area contributed by atoms with Crippen molar-refractivity contribution in [3.8, 4) is 11.1 Å². The Morgan fingerprint density at radius 3 is 2.15 bits per heavy atom. The molecule has 2 aromatic carbocycles. The van der Waals surface area contributed by atoms with E-state index in [0.717, 1.165) is 41.4 Å². The second kappa shape index (κ2) is 17.7. The standard InChI is InChI=1S/C28H35N5O3.2C2H6/c1-4-10-33(11-5-2)28(36)23-13-21-8-6-20(14-25(21)31-26(29)15-23)19-7-9-22(18-34)24(12-19)16-32(3)17-27(30)35;2*1-2/h6-9,12-14,18H,4-5,10-11,15-17H2,1-3H3,(H2,29,31)(H2,30,35);2*1-2H3. The van der Waals surface area contributed by atoms with E-state index < -0.39 is 5.91 Å². The van der Waals surface area contributed by atoms with Crippen molar-refractivity contribution in [2.24, 2.45) is 16.5 Å². The number of primary amides is 1. The van der Waals surface area contributed by atoms with Crippen molar-refractivity contribution in [1.82, 2.24) is 9.80 Å². The van der Waals surface area contributed by atoms with Crippen LogP contribution in [-0.4, -0.2) is 60.4 Å². The van der Waals surface area contributed by atoms with Gasteiger partial charge in [-0.05, 0) is 54.8 Å². The molecule has 40 heavy (non-hydrogen) atoms. The fourth-order valence-corrected chi connectivity index (χ4v) is 4.42. The molecule has 2 amide bonds. The van der Waals surface area contributed by atoms with Gasteiger partial charge in [0.1, 0.15) is 12.1 Å². The van der Waals surface area contributed by atoms with Crippen LogP contribution in [0.3, 0.4) is 0 Å². The van der Waals surface area contributed by atoms with Crippen LogP contribution in [0.2, 0.25) is 0 Å². The van der Waals surface area contributed by atoms with Crippen molar-refractivity contribution in [2.45, 2.75) is 67.3 Å². The average Bonchev–Trinajstić information content (AvgIpc) is 3.11. The molecule has 0 spiro atoms. The number of carbonyl (C=O) groups excluding carboxylic acids is 3. The van der Waals surface area contributed by atoms with E-state index in [1.807, 2.05) is 69.0 Å². The van der Waals surface area contributed by atoms with Crippen molar-refractivity contribution < 1.29 is 14.4 Å². The Bertz CT molecular complexity index is 1200. The fraction of sp³-hybridized carbons (Fsp3) is 0.438. The van der Waals surface area contributed by atoms with Gasteiger partial charge in [-0.15, -0.1) is 0 Å². The fourth-order valence-electron chi connectivity index (χ4n) is 4.42. The number of fused-ring (bicyclic) bond motifs is 1. The van der Waals surface area contributed by atoms with Crippen LogP contribution < -0.4 is 11.5 Å². The number of amides is 2. The Balaban J connectivity index is 0.00000191. The molecule has 1 aliphatic heterocycles. The smallest absolute Gasteiger partial charge is 0.250 e. The van der Waals surface area contributed by atoms with Crippen LogP contribution in [0, 0.1) is 0 Å². The summed E-state index contributed by atoms with van der Waals surface area (Å²) in [6, 6.07) is 11.4. The van der Waals surface area contributed by atoms with Crippen LogP contribution in [-0.2, 0) is 16.1 Å². The minimum absolute atomic E-state index is 0.00273. The Labute approximate surface area is 240 Å². The predicted molar refractivity (Wildman–Crippen MR) is 167 cm³/mol. The number of nitrogens with two attached hydrogens (primary N) is 2. The molecule has 4 N–H and O–H groups in total. The third kappa shape index (κ3) is 9.75. The van der Waals surface area contributed by atoms with Gasteiger partial charge in [-0.1, -0.05) is 65.8 Å². The van der Waals surface area contributed by atoms with Gasteiger partial charge in [-0.3, -0.25) is 19.3 Å². The molecular weight excluding hydrogens is 502 g/mol. The first kappa shape index (κ1) is 34.2. The number of hydrogen-bond donors (Lipinski definition) is 2. The van der Waals surface area contributed by atoms with Crippen LogP contribution >= 0.6 is 0 Å². The second-order valence-electron chi connectivity index (χ2n) is 9.19. The lowest BCUT2D eigenvalue weighted by Gasteiger charge is -2.22. The van der Waals surface area contributed by atoms with Crippen LogP contribution in [0.4, 0.5) is 5.69 Å². The summed E-state index contributed by atoms with van der Waals surface area (Å²) in [6.07, 6.45) is 4.79. The number of rotatable bonds is 11. The average molecular weight is 550 g/mol. The van der Waals surface area contributed by atoms with Crippen LogP contribution in [0.25, 0.3) is 17.2 Å². The lowest BCUT2D eigenvalue weighted by Crippen LogP contribution is -2.34. The number of carbonyl (C=O) groups is 3. The Morgan fingerprint density at radius 1 is 0.975 bits per heavy atom. The molecule has 0 bridgehead atoms. The Hall–Kier alpha value is -3.78. The summed E-state index contributed by atoms with van der Waals surface area (Å²) in [5, 5.41) is 0. The van der Waals surface area contributed by atoms with Gasteiger partial charge in [0.15, 0.2) is 0 Å². The molecule has 3 rings (SSSR count). The summed E-state index contributed by atoms with van der Waals surface area (Å²) in [6.45, 7) is 14.0. The van der Waals surface area contributed by atoms with E-state index in [1.165, 1.54) is 0 Å². The number of aldehydes is 1. The molecule has 0 fully saturated rings.